The summed E-state index contributed by atoms with van der Waals surface area (Å²) in [5.41, 5.74) is 2.66. The molecule has 0 radical (unpaired) electrons. The Labute approximate surface area is 249 Å². The minimum absolute atomic E-state index is 0.0402. The number of sulfonamides is 1. The fraction of sp³-hybridized carbons (Fsp3) is 0.296. The third-order valence-corrected chi connectivity index (χ3v) is 9.58. The van der Waals surface area contributed by atoms with E-state index in [0.717, 1.165) is 27.8 Å². The molecule has 0 aliphatic carbocycles. The zero-order valence-electron chi connectivity index (χ0n) is 22.2. The highest BCUT2D eigenvalue weighted by molar-refractivity contribution is 7.89. The van der Waals surface area contributed by atoms with Crippen molar-refractivity contribution in [1.29, 1.82) is 0 Å². The van der Waals surface area contributed by atoms with Crippen LogP contribution in [0, 0.1) is 0 Å². The summed E-state index contributed by atoms with van der Waals surface area (Å²) in [7, 11) is -6.54. The predicted molar refractivity (Wildman–Crippen MR) is 155 cm³/mol. The zero-order chi connectivity index (χ0) is 29.9. The van der Waals surface area contributed by atoms with Crippen LogP contribution in [0.25, 0.3) is 0 Å². The smallest absolute Gasteiger partial charge is 0.295 e. The minimum Gasteiger partial charge on any atom is -0.301 e. The van der Waals surface area contributed by atoms with E-state index in [2.05, 4.69) is 9.62 Å². The van der Waals surface area contributed by atoms with Crippen LogP contribution in [0.5, 0.6) is 0 Å². The lowest BCUT2D eigenvalue weighted by Crippen LogP contribution is -2.35. The number of carbonyl (C=O) groups is 1. The van der Waals surface area contributed by atoms with E-state index < -0.39 is 30.9 Å². The molecule has 220 valence electrons. The number of carbonyl (C=O) groups excluding carboxylic acids is 1. The minimum atomic E-state index is -4.64. The Morgan fingerprint density at radius 1 is 1.10 bits per heavy atom. The lowest BCUT2D eigenvalue weighted by molar-refractivity contribution is -0.118. The quantitative estimate of drug-likeness (QED) is 0.191. The van der Waals surface area contributed by atoms with Gasteiger partial charge >= 0.3 is 0 Å². The number of hydrogen-bond donors (Lipinski definition) is 2. The van der Waals surface area contributed by atoms with Crippen molar-refractivity contribution in [3.05, 3.63) is 93.0 Å². The first-order valence-electron chi connectivity index (χ1n) is 12.6. The number of nitrogens with zero attached hydrogens (tertiary/aromatic N) is 2. The summed E-state index contributed by atoms with van der Waals surface area (Å²) in [4.78, 5) is 19.9. The highest BCUT2D eigenvalue weighted by atomic mass is 35.5. The predicted octanol–water partition coefficient (Wildman–Crippen LogP) is 4.19. The molecule has 1 heterocycles. The number of amides is 1. The maximum absolute atomic E-state index is 12.9. The Morgan fingerprint density at radius 3 is 2.44 bits per heavy atom. The Morgan fingerprint density at radius 2 is 1.78 bits per heavy atom. The summed E-state index contributed by atoms with van der Waals surface area (Å²) in [6.07, 6.45) is 0. The second kappa shape index (κ2) is 12.8. The molecule has 1 unspecified atom stereocenters. The van der Waals surface area contributed by atoms with E-state index in [4.69, 9.17) is 28.0 Å². The van der Waals surface area contributed by atoms with Crippen LogP contribution in [0.15, 0.2) is 70.5 Å². The summed E-state index contributed by atoms with van der Waals surface area (Å²) in [6.45, 7) is 2.68. The number of benzene rings is 3. The molecule has 1 atom stereocenters. The molecule has 0 spiro atoms. The van der Waals surface area contributed by atoms with Crippen molar-refractivity contribution in [3.8, 4) is 0 Å². The van der Waals surface area contributed by atoms with Crippen LogP contribution in [-0.4, -0.2) is 70.5 Å². The van der Waals surface area contributed by atoms with Crippen molar-refractivity contribution in [2.45, 2.75) is 29.2 Å². The van der Waals surface area contributed by atoms with Gasteiger partial charge in [0.2, 0.25) is 10.0 Å². The standard InChI is InChI=1S/C27H29Cl2N3O7S2/c1-3-32(27(33)21-6-4-5-7-26(21)41(36,37)38)39-13-12-30-40(34,35)20-10-8-18(9-11-20)23-16-31(2)17-24-22(23)14-19(28)15-25(24)29/h4-11,14-15,23,30H,3,12-13,16-17H2,1-2H3,(H,36,37,38). The zero-order valence-corrected chi connectivity index (χ0v) is 25.4. The lowest BCUT2D eigenvalue weighted by atomic mass is 9.85. The topological polar surface area (TPSA) is 133 Å². The van der Waals surface area contributed by atoms with Crippen LogP contribution in [0.3, 0.4) is 0 Å². The average molecular weight is 643 g/mol. The van der Waals surface area contributed by atoms with Gasteiger partial charge in [-0.3, -0.25) is 14.2 Å². The molecular weight excluding hydrogens is 613 g/mol. The summed E-state index contributed by atoms with van der Waals surface area (Å²) in [5.74, 6) is -0.835. The molecule has 0 saturated carbocycles. The van der Waals surface area contributed by atoms with Crippen molar-refractivity contribution in [3.63, 3.8) is 0 Å². The third-order valence-electron chi connectivity index (χ3n) is 6.64. The highest BCUT2D eigenvalue weighted by Crippen LogP contribution is 2.38. The molecule has 1 aliphatic rings. The van der Waals surface area contributed by atoms with Gasteiger partial charge in [-0.05, 0) is 67.1 Å². The fourth-order valence-electron chi connectivity index (χ4n) is 4.72. The maximum atomic E-state index is 12.9. The molecular formula is C27H29Cl2N3O7S2. The van der Waals surface area contributed by atoms with Crippen LogP contribution in [0.1, 0.15) is 39.9 Å². The molecule has 1 amide bonds. The average Bonchev–Trinajstić information content (AvgIpc) is 2.92. The number of fused-ring (bicyclic) bond motifs is 1. The van der Waals surface area contributed by atoms with Gasteiger partial charge in [0.15, 0.2) is 0 Å². The van der Waals surface area contributed by atoms with E-state index in [1.54, 1.807) is 25.1 Å². The van der Waals surface area contributed by atoms with Crippen LogP contribution in [0.2, 0.25) is 10.0 Å². The molecule has 0 fully saturated rings. The van der Waals surface area contributed by atoms with Crippen LogP contribution in [-0.2, 0) is 31.5 Å². The largest absolute Gasteiger partial charge is 0.301 e. The number of nitrogens with one attached hydrogen (secondary N) is 1. The van der Waals surface area contributed by atoms with Crippen LogP contribution < -0.4 is 4.72 Å². The number of halogens is 2. The van der Waals surface area contributed by atoms with Crippen LogP contribution >= 0.6 is 23.2 Å². The third kappa shape index (κ3) is 7.27. The number of hydrogen-bond acceptors (Lipinski definition) is 7. The molecule has 14 heteroatoms. The van der Waals surface area contributed by atoms with E-state index in [9.17, 15) is 26.2 Å². The summed E-state index contributed by atoms with van der Waals surface area (Å²) < 4.78 is 60.9. The summed E-state index contributed by atoms with van der Waals surface area (Å²) >= 11 is 12.7. The van der Waals surface area contributed by atoms with Gasteiger partial charge in [0.1, 0.15) is 4.90 Å². The Balaban J connectivity index is 1.40. The first kappa shape index (κ1) is 31.4. The molecule has 41 heavy (non-hydrogen) atoms. The maximum Gasteiger partial charge on any atom is 0.295 e. The molecule has 3 aromatic rings. The Kier molecular flexibility index (Phi) is 9.77. The van der Waals surface area contributed by atoms with Gasteiger partial charge in [0.25, 0.3) is 16.0 Å². The van der Waals surface area contributed by atoms with Gasteiger partial charge in [-0.1, -0.05) is 47.5 Å². The van der Waals surface area contributed by atoms with E-state index in [-0.39, 0.29) is 36.1 Å². The first-order valence-corrected chi connectivity index (χ1v) is 16.3. The van der Waals surface area contributed by atoms with Gasteiger partial charge in [0.05, 0.1) is 17.1 Å². The van der Waals surface area contributed by atoms with Gasteiger partial charge in [-0.25, -0.2) is 18.2 Å². The highest BCUT2D eigenvalue weighted by Gasteiger charge is 2.28. The van der Waals surface area contributed by atoms with Gasteiger partial charge in [-0.2, -0.15) is 8.42 Å². The van der Waals surface area contributed by atoms with Crippen LogP contribution in [0.4, 0.5) is 0 Å². The lowest BCUT2D eigenvalue weighted by Gasteiger charge is -2.33. The second-order valence-corrected chi connectivity index (χ2v) is 13.5. The SMILES string of the molecule is CCN(OCCNS(=O)(=O)c1ccc(C2CN(C)Cc3c(Cl)cc(Cl)cc32)cc1)C(=O)c1ccccc1S(=O)(=O)O. The van der Waals surface area contributed by atoms with Crippen molar-refractivity contribution in [2.75, 3.05) is 33.3 Å². The second-order valence-electron chi connectivity index (χ2n) is 9.48. The molecule has 3 aromatic carbocycles. The number of rotatable bonds is 10. The van der Waals surface area contributed by atoms with Gasteiger partial charge in [0, 0.05) is 42.1 Å². The monoisotopic (exact) mass is 641 g/mol. The van der Waals surface area contributed by atoms with Crippen molar-refractivity contribution in [1.82, 2.24) is 14.7 Å². The van der Waals surface area contributed by atoms with Crippen molar-refractivity contribution < 1.29 is 31.0 Å². The molecule has 2 N–H and O–H groups in total. The van der Waals surface area contributed by atoms with E-state index >= 15 is 0 Å². The number of likely N-dealkylation sites (N-methyl/N-ethyl adjacent to an activating group) is 1. The normalized spacial score (nSPS) is 15.9. The van der Waals surface area contributed by atoms with E-state index in [1.807, 2.05) is 13.1 Å². The molecule has 0 aromatic heterocycles. The van der Waals surface area contributed by atoms with Gasteiger partial charge in [-0.15, -0.1) is 0 Å². The number of hydroxylamine groups is 2. The Bertz CT molecular complexity index is 1650. The van der Waals surface area contributed by atoms with Crippen molar-refractivity contribution >= 4 is 49.3 Å². The molecule has 0 saturated heterocycles. The fourth-order valence-corrected chi connectivity index (χ4v) is 6.99. The Hall–Kier alpha value is -2.55. The molecule has 1 aliphatic heterocycles. The molecule has 10 nitrogen and oxygen atoms in total. The van der Waals surface area contributed by atoms with E-state index in [1.165, 1.54) is 30.3 Å². The molecule has 4 rings (SSSR count). The van der Waals surface area contributed by atoms with E-state index in [0.29, 0.717) is 23.1 Å². The summed E-state index contributed by atoms with van der Waals surface area (Å²) in [5, 5.41) is 2.03. The molecule has 0 bridgehead atoms. The first-order chi connectivity index (χ1) is 19.3. The summed E-state index contributed by atoms with van der Waals surface area (Å²) in [6, 6.07) is 15.4. The van der Waals surface area contributed by atoms with Crippen molar-refractivity contribution in [2.24, 2.45) is 0 Å². The van der Waals surface area contributed by atoms with Gasteiger partial charge < -0.3 is 4.90 Å².